The summed E-state index contributed by atoms with van der Waals surface area (Å²) in [6.07, 6.45) is 3.67. The third kappa shape index (κ3) is 2.32. The fourth-order valence-corrected chi connectivity index (χ4v) is 4.29. The van der Waals surface area contributed by atoms with Crippen LogP contribution in [0.5, 0.6) is 0 Å². The third-order valence-electron chi connectivity index (χ3n) is 5.57. The molecule has 1 aromatic carbocycles. The van der Waals surface area contributed by atoms with Gasteiger partial charge in [0.05, 0.1) is 0 Å². The largest absolute Gasteiger partial charge is 0.340 e. The van der Waals surface area contributed by atoms with Crippen LogP contribution in [-0.2, 0) is 0 Å². The predicted octanol–water partition coefficient (Wildman–Crippen LogP) is 3.09. The topological polar surface area (TPSA) is 32.3 Å². The van der Waals surface area contributed by atoms with Gasteiger partial charge in [0.2, 0.25) is 5.95 Å². The fraction of sp³-hybridized carbons (Fsp3) is 0.474. The van der Waals surface area contributed by atoms with Gasteiger partial charge in [-0.2, -0.15) is 0 Å². The standard InChI is InChI=1S/C19H24N4/c1-13(2)22(3)18-15-8-5-4-7-14(15)16-11-23(12-17(16)18)19-20-9-6-10-21-19/h4-10,13,16-18H,11-12H2,1-3H3/t16-,17-,18-/m0/s1. The monoisotopic (exact) mass is 308 g/mol. The molecule has 0 N–H and O–H groups in total. The Morgan fingerprint density at radius 1 is 1.04 bits per heavy atom. The Morgan fingerprint density at radius 2 is 1.74 bits per heavy atom. The first-order valence-corrected chi connectivity index (χ1v) is 8.49. The van der Waals surface area contributed by atoms with Crippen LogP contribution in [0.4, 0.5) is 5.95 Å². The Hall–Kier alpha value is -1.94. The number of fused-ring (bicyclic) bond motifs is 3. The zero-order valence-electron chi connectivity index (χ0n) is 14.1. The minimum absolute atomic E-state index is 0.491. The molecule has 23 heavy (non-hydrogen) atoms. The zero-order chi connectivity index (χ0) is 16.0. The maximum absolute atomic E-state index is 4.45. The molecule has 4 nitrogen and oxygen atoms in total. The van der Waals surface area contributed by atoms with Gasteiger partial charge < -0.3 is 4.90 Å². The van der Waals surface area contributed by atoms with Crippen molar-refractivity contribution in [2.75, 3.05) is 25.0 Å². The van der Waals surface area contributed by atoms with Crippen LogP contribution in [-0.4, -0.2) is 41.0 Å². The normalized spacial score (nSPS) is 26.0. The van der Waals surface area contributed by atoms with E-state index in [-0.39, 0.29) is 0 Å². The number of benzene rings is 1. The lowest BCUT2D eigenvalue weighted by Gasteiger charge is -2.33. The van der Waals surface area contributed by atoms with Crippen LogP contribution in [0, 0.1) is 5.92 Å². The highest BCUT2D eigenvalue weighted by Crippen LogP contribution is 2.52. The van der Waals surface area contributed by atoms with E-state index in [1.807, 2.05) is 18.5 Å². The summed E-state index contributed by atoms with van der Waals surface area (Å²) in [5.41, 5.74) is 3.04. The molecule has 0 amide bonds. The highest BCUT2D eigenvalue weighted by molar-refractivity contribution is 5.46. The quantitative estimate of drug-likeness (QED) is 0.872. The molecule has 1 aliphatic carbocycles. The number of hydrogen-bond acceptors (Lipinski definition) is 4. The highest BCUT2D eigenvalue weighted by atomic mass is 15.3. The lowest BCUT2D eigenvalue weighted by Crippen LogP contribution is -2.35. The second kappa shape index (κ2) is 5.60. The zero-order valence-corrected chi connectivity index (χ0v) is 14.1. The Bertz CT molecular complexity index is 685. The summed E-state index contributed by atoms with van der Waals surface area (Å²) in [6, 6.07) is 11.9. The Morgan fingerprint density at radius 3 is 2.43 bits per heavy atom. The van der Waals surface area contributed by atoms with Crippen molar-refractivity contribution in [3.63, 3.8) is 0 Å². The molecular formula is C19H24N4. The average molecular weight is 308 g/mol. The molecule has 1 aromatic heterocycles. The molecule has 4 heteroatoms. The molecule has 2 aliphatic rings. The van der Waals surface area contributed by atoms with Gasteiger partial charge in [0.25, 0.3) is 0 Å². The van der Waals surface area contributed by atoms with Gasteiger partial charge in [0, 0.05) is 49.4 Å². The molecule has 1 fully saturated rings. The number of anilines is 1. The Kier molecular flexibility index (Phi) is 3.57. The van der Waals surface area contributed by atoms with Crippen LogP contribution in [0.25, 0.3) is 0 Å². The summed E-state index contributed by atoms with van der Waals surface area (Å²) in [7, 11) is 2.26. The molecule has 4 rings (SSSR count). The van der Waals surface area contributed by atoms with Crippen LogP contribution in [0.3, 0.4) is 0 Å². The van der Waals surface area contributed by atoms with Crippen LogP contribution < -0.4 is 4.90 Å². The first-order valence-electron chi connectivity index (χ1n) is 8.49. The summed E-state index contributed by atoms with van der Waals surface area (Å²) >= 11 is 0. The van der Waals surface area contributed by atoms with E-state index in [2.05, 4.69) is 64.9 Å². The van der Waals surface area contributed by atoms with E-state index in [0.29, 0.717) is 23.9 Å². The van der Waals surface area contributed by atoms with Crippen molar-refractivity contribution in [2.45, 2.75) is 31.8 Å². The van der Waals surface area contributed by atoms with E-state index < -0.39 is 0 Å². The SMILES string of the molecule is CC(C)N(C)[C@H]1c2ccccc2[C@@H]2CN(c3ncccn3)C[C@@H]21. The number of nitrogens with zero attached hydrogens (tertiary/aromatic N) is 4. The Balaban J connectivity index is 1.70. The summed E-state index contributed by atoms with van der Waals surface area (Å²) in [5, 5.41) is 0. The van der Waals surface area contributed by atoms with Crippen LogP contribution in [0.15, 0.2) is 42.7 Å². The van der Waals surface area contributed by atoms with Gasteiger partial charge in [0.1, 0.15) is 0 Å². The molecule has 0 bridgehead atoms. The molecule has 120 valence electrons. The van der Waals surface area contributed by atoms with Crippen LogP contribution in [0.1, 0.15) is 36.9 Å². The van der Waals surface area contributed by atoms with Crippen LogP contribution in [0.2, 0.25) is 0 Å². The van der Waals surface area contributed by atoms with E-state index >= 15 is 0 Å². The van der Waals surface area contributed by atoms with Crippen molar-refractivity contribution in [3.05, 3.63) is 53.9 Å². The maximum Gasteiger partial charge on any atom is 0.225 e. The lowest BCUT2D eigenvalue weighted by molar-refractivity contribution is 0.154. The average Bonchev–Trinajstić information content (AvgIpc) is 3.12. The van der Waals surface area contributed by atoms with E-state index in [4.69, 9.17) is 0 Å². The maximum atomic E-state index is 4.45. The number of aromatic nitrogens is 2. The highest BCUT2D eigenvalue weighted by Gasteiger charge is 2.48. The molecular weight excluding hydrogens is 284 g/mol. The van der Waals surface area contributed by atoms with Crippen molar-refractivity contribution < 1.29 is 0 Å². The summed E-state index contributed by atoms with van der Waals surface area (Å²) in [5.74, 6) is 2.06. The molecule has 0 radical (unpaired) electrons. The summed E-state index contributed by atoms with van der Waals surface area (Å²) in [6.45, 7) is 6.62. The van der Waals surface area contributed by atoms with Crippen molar-refractivity contribution in [1.82, 2.24) is 14.9 Å². The smallest absolute Gasteiger partial charge is 0.225 e. The van der Waals surface area contributed by atoms with E-state index in [9.17, 15) is 0 Å². The Labute approximate surface area is 138 Å². The molecule has 1 aliphatic heterocycles. The van der Waals surface area contributed by atoms with Crippen molar-refractivity contribution in [1.29, 1.82) is 0 Å². The van der Waals surface area contributed by atoms with Gasteiger partial charge in [-0.25, -0.2) is 9.97 Å². The lowest BCUT2D eigenvalue weighted by atomic mass is 9.93. The molecule has 3 atom stereocenters. The molecule has 2 heterocycles. The minimum Gasteiger partial charge on any atom is -0.340 e. The fourth-order valence-electron chi connectivity index (χ4n) is 4.29. The van der Waals surface area contributed by atoms with Crippen molar-refractivity contribution >= 4 is 5.95 Å². The van der Waals surface area contributed by atoms with Gasteiger partial charge in [-0.15, -0.1) is 0 Å². The van der Waals surface area contributed by atoms with Gasteiger partial charge >= 0.3 is 0 Å². The second-order valence-electron chi connectivity index (χ2n) is 7.06. The third-order valence-corrected chi connectivity index (χ3v) is 5.57. The van der Waals surface area contributed by atoms with E-state index in [1.165, 1.54) is 11.1 Å². The van der Waals surface area contributed by atoms with Crippen LogP contribution >= 0.6 is 0 Å². The van der Waals surface area contributed by atoms with E-state index in [1.54, 1.807) is 0 Å². The second-order valence-corrected chi connectivity index (χ2v) is 7.06. The van der Waals surface area contributed by atoms with Gasteiger partial charge in [0.15, 0.2) is 0 Å². The van der Waals surface area contributed by atoms with E-state index in [0.717, 1.165) is 19.0 Å². The molecule has 2 aromatic rings. The first kappa shape index (κ1) is 14.6. The molecule has 0 saturated carbocycles. The van der Waals surface area contributed by atoms with Crippen molar-refractivity contribution in [3.8, 4) is 0 Å². The summed E-state index contributed by atoms with van der Waals surface area (Å²) in [4.78, 5) is 13.8. The van der Waals surface area contributed by atoms with Gasteiger partial charge in [-0.05, 0) is 38.1 Å². The predicted molar refractivity (Wildman–Crippen MR) is 92.6 cm³/mol. The minimum atomic E-state index is 0.491. The van der Waals surface area contributed by atoms with Crippen molar-refractivity contribution in [2.24, 2.45) is 5.92 Å². The van der Waals surface area contributed by atoms with Gasteiger partial charge in [-0.1, -0.05) is 24.3 Å². The number of rotatable bonds is 3. The molecule has 0 unspecified atom stereocenters. The number of hydrogen-bond donors (Lipinski definition) is 0. The molecule has 0 spiro atoms. The molecule has 1 saturated heterocycles. The first-order chi connectivity index (χ1) is 11.2. The van der Waals surface area contributed by atoms with Gasteiger partial charge in [-0.3, -0.25) is 4.90 Å². The summed E-state index contributed by atoms with van der Waals surface area (Å²) < 4.78 is 0.